The Bertz CT molecular complexity index is 1180. The van der Waals surface area contributed by atoms with E-state index < -0.39 is 0 Å². The van der Waals surface area contributed by atoms with Crippen LogP contribution in [-0.2, 0) is 11.0 Å². The zero-order chi connectivity index (χ0) is 18.3. The fourth-order valence-electron chi connectivity index (χ4n) is 5.01. The molecular weight excluding hydrogens is 314 g/mol. The van der Waals surface area contributed by atoms with Crippen molar-refractivity contribution in [1.82, 2.24) is 4.57 Å². The van der Waals surface area contributed by atoms with Crippen molar-refractivity contribution in [3.63, 3.8) is 0 Å². The zero-order valence-corrected chi connectivity index (χ0v) is 16.2. The van der Waals surface area contributed by atoms with Gasteiger partial charge in [0.05, 0.1) is 5.52 Å². The highest BCUT2D eigenvalue weighted by Gasteiger charge is 2.38. The van der Waals surface area contributed by atoms with Crippen LogP contribution in [0.4, 0.5) is 0 Å². The SMILES string of the molecule is CC1(C)c2ccccc2-c2ccc3c4ccccc4n(C(C)(C)C)c3c21. The van der Waals surface area contributed by atoms with E-state index in [2.05, 4.69) is 99.8 Å². The van der Waals surface area contributed by atoms with Gasteiger partial charge in [-0.1, -0.05) is 68.4 Å². The lowest BCUT2D eigenvalue weighted by Gasteiger charge is -2.28. The number of hydrogen-bond acceptors (Lipinski definition) is 0. The van der Waals surface area contributed by atoms with E-state index in [1.807, 2.05) is 0 Å². The molecule has 0 bridgehead atoms. The number of nitrogens with zero attached hydrogens (tertiary/aromatic N) is 1. The average Bonchev–Trinajstić information content (AvgIpc) is 3.05. The maximum absolute atomic E-state index is 2.56. The lowest BCUT2D eigenvalue weighted by molar-refractivity contribution is 0.421. The van der Waals surface area contributed by atoms with Gasteiger partial charge < -0.3 is 4.57 Å². The molecule has 0 amide bonds. The minimum Gasteiger partial charge on any atom is -0.335 e. The van der Waals surface area contributed by atoms with Crippen LogP contribution in [0.15, 0.2) is 60.7 Å². The number of para-hydroxylation sites is 1. The minimum atomic E-state index is 0.00279. The third-order valence-corrected chi connectivity index (χ3v) is 6.02. The van der Waals surface area contributed by atoms with E-state index in [1.54, 1.807) is 0 Å². The van der Waals surface area contributed by atoms with Crippen LogP contribution in [0.25, 0.3) is 32.9 Å². The van der Waals surface area contributed by atoms with Crippen LogP contribution in [0.3, 0.4) is 0 Å². The minimum absolute atomic E-state index is 0.00279. The topological polar surface area (TPSA) is 4.93 Å². The second kappa shape index (κ2) is 4.79. The van der Waals surface area contributed by atoms with Crippen molar-refractivity contribution in [3.8, 4) is 11.1 Å². The quantitative estimate of drug-likeness (QED) is 0.330. The highest BCUT2D eigenvalue weighted by Crippen LogP contribution is 2.53. The maximum Gasteiger partial charge on any atom is 0.0544 e. The summed E-state index contributed by atoms with van der Waals surface area (Å²) in [4.78, 5) is 0. The van der Waals surface area contributed by atoms with Crippen LogP contribution < -0.4 is 0 Å². The predicted octanol–water partition coefficient (Wildman–Crippen LogP) is 6.86. The summed E-state index contributed by atoms with van der Waals surface area (Å²) in [6, 6.07) is 22.4. The fourth-order valence-corrected chi connectivity index (χ4v) is 5.01. The van der Waals surface area contributed by atoms with Crippen molar-refractivity contribution < 1.29 is 0 Å². The Morgan fingerprint density at radius 3 is 2.19 bits per heavy atom. The van der Waals surface area contributed by atoms with E-state index in [1.165, 1.54) is 44.1 Å². The van der Waals surface area contributed by atoms with E-state index in [0.29, 0.717) is 0 Å². The lowest BCUT2D eigenvalue weighted by atomic mass is 9.81. The Balaban J connectivity index is 2.06. The molecule has 130 valence electrons. The first-order chi connectivity index (χ1) is 12.3. The lowest BCUT2D eigenvalue weighted by Crippen LogP contribution is -2.24. The smallest absolute Gasteiger partial charge is 0.0544 e. The van der Waals surface area contributed by atoms with E-state index in [0.717, 1.165) is 0 Å². The second-order valence-electron chi connectivity index (χ2n) is 9.08. The van der Waals surface area contributed by atoms with Crippen LogP contribution in [0, 0.1) is 0 Å². The molecule has 0 aliphatic heterocycles. The molecule has 0 fully saturated rings. The number of aromatic nitrogens is 1. The van der Waals surface area contributed by atoms with Gasteiger partial charge in [-0.2, -0.15) is 0 Å². The number of rotatable bonds is 0. The van der Waals surface area contributed by atoms with Crippen molar-refractivity contribution in [2.24, 2.45) is 0 Å². The van der Waals surface area contributed by atoms with Gasteiger partial charge in [-0.05, 0) is 49.1 Å². The maximum atomic E-state index is 2.56. The van der Waals surface area contributed by atoms with Crippen LogP contribution in [0.2, 0.25) is 0 Å². The molecule has 0 unspecified atom stereocenters. The molecular formula is C25H25N. The van der Waals surface area contributed by atoms with Gasteiger partial charge in [0.2, 0.25) is 0 Å². The van der Waals surface area contributed by atoms with Crippen molar-refractivity contribution in [2.75, 3.05) is 0 Å². The average molecular weight is 339 g/mol. The molecule has 3 aromatic carbocycles. The Morgan fingerprint density at radius 2 is 1.42 bits per heavy atom. The monoisotopic (exact) mass is 339 g/mol. The van der Waals surface area contributed by atoms with Gasteiger partial charge in [0.25, 0.3) is 0 Å². The van der Waals surface area contributed by atoms with Gasteiger partial charge in [-0.25, -0.2) is 0 Å². The summed E-state index contributed by atoms with van der Waals surface area (Å²) in [6.07, 6.45) is 0. The molecule has 5 rings (SSSR count). The van der Waals surface area contributed by atoms with E-state index in [9.17, 15) is 0 Å². The molecule has 0 radical (unpaired) electrons. The van der Waals surface area contributed by atoms with Gasteiger partial charge in [0, 0.05) is 27.2 Å². The van der Waals surface area contributed by atoms with Crippen LogP contribution in [-0.4, -0.2) is 4.57 Å². The summed E-state index contributed by atoms with van der Waals surface area (Å²) < 4.78 is 2.56. The summed E-state index contributed by atoms with van der Waals surface area (Å²) in [5.74, 6) is 0. The van der Waals surface area contributed by atoms with Crippen molar-refractivity contribution in [2.45, 2.75) is 45.6 Å². The Morgan fingerprint density at radius 1 is 0.731 bits per heavy atom. The van der Waals surface area contributed by atoms with Gasteiger partial charge in [0.15, 0.2) is 0 Å². The van der Waals surface area contributed by atoms with Gasteiger partial charge in [0.1, 0.15) is 0 Å². The third-order valence-electron chi connectivity index (χ3n) is 6.02. The van der Waals surface area contributed by atoms with Crippen molar-refractivity contribution in [3.05, 3.63) is 71.8 Å². The zero-order valence-electron chi connectivity index (χ0n) is 16.2. The molecule has 1 aromatic heterocycles. The summed E-state index contributed by atoms with van der Waals surface area (Å²) in [6.45, 7) is 11.7. The summed E-state index contributed by atoms with van der Waals surface area (Å²) >= 11 is 0. The predicted molar refractivity (Wildman–Crippen MR) is 112 cm³/mol. The van der Waals surface area contributed by atoms with E-state index in [4.69, 9.17) is 0 Å². The van der Waals surface area contributed by atoms with Crippen LogP contribution in [0.1, 0.15) is 45.7 Å². The molecule has 0 spiro atoms. The largest absolute Gasteiger partial charge is 0.335 e. The second-order valence-corrected chi connectivity index (χ2v) is 9.08. The molecule has 0 atom stereocenters. The molecule has 1 aliphatic rings. The third kappa shape index (κ3) is 1.81. The Labute approximate surface area is 155 Å². The summed E-state index contributed by atoms with van der Waals surface area (Å²) in [7, 11) is 0. The highest BCUT2D eigenvalue weighted by molar-refractivity contribution is 6.12. The Hall–Kier alpha value is -2.54. The summed E-state index contributed by atoms with van der Waals surface area (Å²) in [5.41, 5.74) is 8.44. The van der Waals surface area contributed by atoms with Crippen molar-refractivity contribution in [1.29, 1.82) is 0 Å². The van der Waals surface area contributed by atoms with Gasteiger partial charge >= 0.3 is 0 Å². The van der Waals surface area contributed by atoms with Crippen LogP contribution >= 0.6 is 0 Å². The molecule has 1 nitrogen and oxygen atoms in total. The molecule has 1 aliphatic carbocycles. The number of benzene rings is 3. The molecule has 1 heteroatoms. The van der Waals surface area contributed by atoms with Crippen LogP contribution in [0.5, 0.6) is 0 Å². The van der Waals surface area contributed by atoms with Crippen molar-refractivity contribution >= 4 is 21.8 Å². The highest BCUT2D eigenvalue weighted by atomic mass is 15.1. The Kier molecular flexibility index (Phi) is 2.89. The van der Waals surface area contributed by atoms with E-state index in [-0.39, 0.29) is 11.0 Å². The molecule has 4 aromatic rings. The van der Waals surface area contributed by atoms with Gasteiger partial charge in [-0.3, -0.25) is 0 Å². The first-order valence-electron chi connectivity index (χ1n) is 9.49. The molecule has 0 N–H and O–H groups in total. The normalized spacial score (nSPS) is 15.4. The number of hydrogen-bond donors (Lipinski definition) is 0. The first kappa shape index (κ1) is 15.7. The first-order valence-corrected chi connectivity index (χ1v) is 9.49. The molecule has 1 heterocycles. The standard InChI is InChI=1S/C25H25N/c1-24(2,3)26-21-13-9-7-11-17(21)19-15-14-18-16-10-6-8-12-20(16)25(4,5)22(18)23(19)26/h6-15H,1-5H3. The fraction of sp³-hybridized carbons (Fsp3) is 0.280. The van der Waals surface area contributed by atoms with Gasteiger partial charge in [-0.15, -0.1) is 0 Å². The van der Waals surface area contributed by atoms with E-state index >= 15 is 0 Å². The number of fused-ring (bicyclic) bond motifs is 7. The molecule has 0 saturated heterocycles. The molecule has 0 saturated carbocycles. The molecule has 26 heavy (non-hydrogen) atoms. The summed E-state index contributed by atoms with van der Waals surface area (Å²) in [5, 5.41) is 2.72.